The van der Waals surface area contributed by atoms with E-state index in [9.17, 15) is 23.9 Å². The zero-order valence-corrected chi connectivity index (χ0v) is 17.2. The predicted molar refractivity (Wildman–Crippen MR) is 104 cm³/mol. The molecule has 13 nitrogen and oxygen atoms in total. The Balaban J connectivity index is 1.68. The lowest BCUT2D eigenvalue weighted by atomic mass is 10.3. The molecule has 0 amide bonds. The number of aromatic nitrogens is 4. The van der Waals surface area contributed by atoms with E-state index in [1.165, 1.54) is 10.9 Å². The van der Waals surface area contributed by atoms with Gasteiger partial charge in [0.15, 0.2) is 17.0 Å². The molecule has 166 valence electrons. The van der Waals surface area contributed by atoms with Crippen LogP contribution in [-0.2, 0) is 25.3 Å². The molecule has 30 heavy (non-hydrogen) atoms. The number of hydrogen-bond acceptors (Lipinski definition) is 9. The number of H-pyrrole nitrogens is 1. The molecule has 0 saturated heterocycles. The molecule has 0 aromatic carbocycles. The Hall–Kier alpha value is -2.47. The van der Waals surface area contributed by atoms with E-state index in [-0.39, 0.29) is 30.3 Å². The predicted octanol–water partition coefficient (Wildman–Crippen LogP) is 0.708. The van der Waals surface area contributed by atoms with Gasteiger partial charge in [-0.3, -0.25) is 14.3 Å². The van der Waals surface area contributed by atoms with Crippen molar-refractivity contribution in [3.05, 3.63) is 16.7 Å². The molecule has 0 aliphatic heterocycles. The fourth-order valence-corrected chi connectivity index (χ4v) is 3.45. The van der Waals surface area contributed by atoms with E-state index in [0.29, 0.717) is 19.3 Å². The summed E-state index contributed by atoms with van der Waals surface area (Å²) < 4.78 is 28.7. The van der Waals surface area contributed by atoms with E-state index < -0.39 is 37.4 Å². The average Bonchev–Trinajstić information content (AvgIpc) is 3.30. The highest BCUT2D eigenvalue weighted by molar-refractivity contribution is 7.52. The molecule has 1 saturated carbocycles. The molecule has 0 bridgehead atoms. The van der Waals surface area contributed by atoms with Gasteiger partial charge < -0.3 is 34.3 Å². The molecule has 0 radical (unpaired) electrons. The maximum atomic E-state index is 11.9. The molecule has 3 rings (SSSR count). The fraction of sp³-hybridized carbons (Fsp3) is 0.625. The van der Waals surface area contributed by atoms with Crippen LogP contribution in [0.5, 0.6) is 0 Å². The number of rotatable bonds is 10. The van der Waals surface area contributed by atoms with Crippen molar-refractivity contribution < 1.29 is 33.4 Å². The quantitative estimate of drug-likeness (QED) is 0.229. The number of carbonyl (C=O) groups is 1. The molecule has 0 spiro atoms. The van der Waals surface area contributed by atoms with Crippen LogP contribution in [0.4, 0.5) is 10.7 Å². The van der Waals surface area contributed by atoms with Gasteiger partial charge in [0.1, 0.15) is 6.61 Å². The Morgan fingerprint density at radius 2 is 2.17 bits per heavy atom. The largest absolute Gasteiger partial charge is 0.508 e. The number of nitrogens with one attached hydrogen (secondary N) is 1. The summed E-state index contributed by atoms with van der Waals surface area (Å²) in [6.07, 6.45) is 2.83. The van der Waals surface area contributed by atoms with Gasteiger partial charge in [0.05, 0.1) is 25.1 Å². The zero-order chi connectivity index (χ0) is 21.9. The van der Waals surface area contributed by atoms with Crippen molar-refractivity contribution in [2.75, 3.05) is 18.9 Å². The molecule has 2 aromatic heterocycles. The van der Waals surface area contributed by atoms with E-state index in [1.807, 2.05) is 6.92 Å². The minimum Gasteiger partial charge on any atom is -0.434 e. The van der Waals surface area contributed by atoms with E-state index >= 15 is 0 Å². The van der Waals surface area contributed by atoms with E-state index in [0.717, 1.165) is 6.42 Å². The lowest BCUT2D eigenvalue weighted by Gasteiger charge is -2.25. The van der Waals surface area contributed by atoms with E-state index in [2.05, 4.69) is 15.0 Å². The highest BCUT2D eigenvalue weighted by atomic mass is 31.2. The number of nitrogens with zero attached hydrogens (tertiary/aromatic N) is 3. The van der Waals surface area contributed by atoms with Crippen molar-refractivity contribution in [3.8, 4) is 0 Å². The lowest BCUT2D eigenvalue weighted by molar-refractivity contribution is -0.0456. The molecule has 1 atom stereocenters. The summed E-state index contributed by atoms with van der Waals surface area (Å²) >= 11 is 0. The summed E-state index contributed by atoms with van der Waals surface area (Å²) in [5.74, 6) is -1.74. The first-order chi connectivity index (χ1) is 14.1. The summed E-state index contributed by atoms with van der Waals surface area (Å²) in [7, 11) is -4.74. The standard InChI is InChI=1S/C16H24N5O8P/c1-2-3-6-27-15(23)28-7-10(30(24,25)26)29-16(4-5-16)8-21-9-18-11-12(21)19-14(17)20-13(11)22/h9-10H,2-8H2,1H3,(H2,24,25,26)(H3,17,19,20,22). The van der Waals surface area contributed by atoms with Gasteiger partial charge >= 0.3 is 13.8 Å². The fourth-order valence-electron chi connectivity index (χ4n) is 2.82. The highest BCUT2D eigenvalue weighted by Gasteiger charge is 2.50. The van der Waals surface area contributed by atoms with Crippen LogP contribution < -0.4 is 11.3 Å². The zero-order valence-electron chi connectivity index (χ0n) is 16.3. The second-order valence-corrected chi connectivity index (χ2v) is 8.86. The SMILES string of the molecule is CCCCOC(=O)OCC(OC1(Cn2cnc3c(=O)[nH]c(N)nc32)CC1)P(=O)(O)O. The number of anilines is 1. The molecule has 5 N–H and O–H groups in total. The third-order valence-electron chi connectivity index (χ3n) is 4.58. The van der Waals surface area contributed by atoms with E-state index in [4.69, 9.17) is 19.9 Å². The van der Waals surface area contributed by atoms with Crippen LogP contribution in [0.15, 0.2) is 11.1 Å². The maximum Gasteiger partial charge on any atom is 0.508 e. The number of ether oxygens (including phenoxy) is 3. The lowest BCUT2D eigenvalue weighted by Crippen LogP contribution is -2.32. The van der Waals surface area contributed by atoms with Crippen LogP contribution in [0, 0.1) is 0 Å². The Morgan fingerprint density at radius 1 is 1.43 bits per heavy atom. The van der Waals surface area contributed by atoms with Crippen LogP contribution in [-0.4, -0.2) is 60.1 Å². The molecular formula is C16H24N5O8P. The van der Waals surface area contributed by atoms with Gasteiger partial charge in [0.25, 0.3) is 5.56 Å². The van der Waals surface area contributed by atoms with Crippen molar-refractivity contribution in [1.82, 2.24) is 19.5 Å². The first kappa shape index (κ1) is 22.2. The van der Waals surface area contributed by atoms with Gasteiger partial charge in [0.2, 0.25) is 5.95 Å². The monoisotopic (exact) mass is 445 g/mol. The van der Waals surface area contributed by atoms with Crippen molar-refractivity contribution in [2.24, 2.45) is 0 Å². The maximum absolute atomic E-state index is 11.9. The van der Waals surface area contributed by atoms with Crippen LogP contribution in [0.1, 0.15) is 32.6 Å². The number of carbonyl (C=O) groups excluding carboxylic acids is 1. The molecule has 14 heteroatoms. The Kier molecular flexibility index (Phi) is 6.46. The number of imidazole rings is 1. The average molecular weight is 445 g/mol. The van der Waals surface area contributed by atoms with Crippen molar-refractivity contribution in [2.45, 2.75) is 50.6 Å². The van der Waals surface area contributed by atoms with Crippen molar-refractivity contribution in [1.29, 1.82) is 0 Å². The number of nitrogens with two attached hydrogens (primary N) is 1. The second kappa shape index (κ2) is 8.72. The van der Waals surface area contributed by atoms with Gasteiger partial charge in [-0.1, -0.05) is 13.3 Å². The molecule has 1 aliphatic carbocycles. The summed E-state index contributed by atoms with van der Waals surface area (Å²) in [5, 5.41) is 0. The molecule has 1 aliphatic rings. The Labute approximate surface area is 170 Å². The van der Waals surface area contributed by atoms with Crippen LogP contribution >= 0.6 is 7.60 Å². The molecular weight excluding hydrogens is 421 g/mol. The van der Waals surface area contributed by atoms with Crippen molar-refractivity contribution in [3.63, 3.8) is 0 Å². The number of unbranched alkanes of at least 4 members (excludes halogenated alkanes) is 1. The number of nitrogen functional groups attached to an aromatic ring is 1. The molecule has 2 aromatic rings. The minimum absolute atomic E-state index is 0.0805. The molecule has 1 fully saturated rings. The van der Waals surface area contributed by atoms with Crippen LogP contribution in [0.2, 0.25) is 0 Å². The van der Waals surface area contributed by atoms with E-state index in [1.54, 1.807) is 0 Å². The first-order valence-corrected chi connectivity index (χ1v) is 11.0. The normalized spacial score (nSPS) is 16.4. The Bertz CT molecular complexity index is 1010. The minimum atomic E-state index is -4.74. The van der Waals surface area contributed by atoms with Gasteiger partial charge in [-0.05, 0) is 19.3 Å². The number of hydrogen-bond donors (Lipinski definition) is 4. The third-order valence-corrected chi connectivity index (χ3v) is 5.59. The summed E-state index contributed by atoms with van der Waals surface area (Å²) in [4.78, 5) is 53.1. The molecule has 1 unspecified atom stereocenters. The number of aromatic amines is 1. The highest BCUT2D eigenvalue weighted by Crippen LogP contribution is 2.50. The number of fused-ring (bicyclic) bond motifs is 1. The van der Waals surface area contributed by atoms with Gasteiger partial charge in [-0.15, -0.1) is 0 Å². The van der Waals surface area contributed by atoms with Gasteiger partial charge in [-0.2, -0.15) is 4.98 Å². The Morgan fingerprint density at radius 3 is 2.80 bits per heavy atom. The summed E-state index contributed by atoms with van der Waals surface area (Å²) in [5.41, 5.74) is 4.48. The topological polar surface area (TPSA) is 192 Å². The van der Waals surface area contributed by atoms with Gasteiger partial charge in [-0.25, -0.2) is 9.78 Å². The van der Waals surface area contributed by atoms with Gasteiger partial charge in [0, 0.05) is 0 Å². The third kappa shape index (κ3) is 5.36. The van der Waals surface area contributed by atoms with Crippen LogP contribution in [0.25, 0.3) is 11.2 Å². The van der Waals surface area contributed by atoms with Crippen molar-refractivity contribution >= 4 is 30.9 Å². The summed E-state index contributed by atoms with van der Waals surface area (Å²) in [6, 6.07) is 0. The smallest absolute Gasteiger partial charge is 0.434 e. The van der Waals surface area contributed by atoms with Crippen LogP contribution in [0.3, 0.4) is 0 Å². The first-order valence-electron chi connectivity index (χ1n) is 9.37. The summed E-state index contributed by atoms with van der Waals surface area (Å²) in [6.45, 7) is 1.55. The molecule has 2 heterocycles. The second-order valence-electron chi connectivity index (χ2n) is 7.10.